The molecule has 1 aromatic rings. The van der Waals surface area contributed by atoms with Crippen molar-refractivity contribution in [1.82, 2.24) is 14.9 Å². The summed E-state index contributed by atoms with van der Waals surface area (Å²) in [6, 6.07) is 1.80. The predicted octanol–water partition coefficient (Wildman–Crippen LogP) is 2.81. The number of hydrogen-bond acceptors (Lipinski definition) is 3. The lowest BCUT2D eigenvalue weighted by Crippen LogP contribution is -2.25. The normalized spacial score (nSPS) is 18.4. The Morgan fingerprint density at radius 1 is 1.19 bits per heavy atom. The Hall–Kier alpha value is -0.670. The molecule has 0 aliphatic carbocycles. The molecule has 3 nitrogen and oxygen atoms in total. The van der Waals surface area contributed by atoms with Crippen molar-refractivity contribution >= 4 is 11.6 Å². The quantitative estimate of drug-likeness (QED) is 0.744. The van der Waals surface area contributed by atoms with Gasteiger partial charge in [-0.1, -0.05) is 24.4 Å². The Balaban J connectivity index is 2.01. The van der Waals surface area contributed by atoms with E-state index in [1.54, 1.807) is 6.07 Å². The summed E-state index contributed by atoms with van der Waals surface area (Å²) in [5.74, 6) is 0.854. The smallest absolute Gasteiger partial charge is 0.144 e. The minimum atomic E-state index is 0.553. The van der Waals surface area contributed by atoms with Gasteiger partial charge in [-0.05, 0) is 38.9 Å². The highest BCUT2D eigenvalue weighted by atomic mass is 35.5. The molecule has 0 radical (unpaired) electrons. The number of nitrogens with zero attached hydrogens (tertiary/aromatic N) is 3. The van der Waals surface area contributed by atoms with Gasteiger partial charge >= 0.3 is 0 Å². The van der Waals surface area contributed by atoms with Crippen LogP contribution in [0.25, 0.3) is 0 Å². The van der Waals surface area contributed by atoms with E-state index in [0.717, 1.165) is 31.2 Å². The van der Waals surface area contributed by atoms with Crippen molar-refractivity contribution in [2.24, 2.45) is 0 Å². The molecule has 88 valence electrons. The van der Waals surface area contributed by atoms with E-state index < -0.39 is 0 Å². The van der Waals surface area contributed by atoms with Gasteiger partial charge in [0.25, 0.3) is 0 Å². The van der Waals surface area contributed by atoms with Gasteiger partial charge in [0, 0.05) is 5.69 Å². The van der Waals surface area contributed by atoms with Crippen LogP contribution < -0.4 is 0 Å². The summed E-state index contributed by atoms with van der Waals surface area (Å²) in [5, 5.41) is 0.553. The summed E-state index contributed by atoms with van der Waals surface area (Å²) in [7, 11) is 0. The molecule has 1 aliphatic rings. The van der Waals surface area contributed by atoms with Gasteiger partial charge in [-0.25, -0.2) is 9.97 Å². The molecule has 0 N–H and O–H groups in total. The predicted molar refractivity (Wildman–Crippen MR) is 65.5 cm³/mol. The fourth-order valence-electron chi connectivity index (χ4n) is 2.15. The van der Waals surface area contributed by atoms with E-state index in [9.17, 15) is 0 Å². The van der Waals surface area contributed by atoms with Crippen LogP contribution in [0.4, 0.5) is 0 Å². The zero-order valence-electron chi connectivity index (χ0n) is 9.75. The summed E-state index contributed by atoms with van der Waals surface area (Å²) in [5.41, 5.74) is 0.949. The lowest BCUT2D eigenvalue weighted by molar-refractivity contribution is 0.270. The number of rotatable bonds is 2. The Bertz CT molecular complexity index is 326. The SMILES string of the molecule is Cc1cc(Cl)nc(CN2CCCCCC2)n1. The summed E-state index contributed by atoms with van der Waals surface area (Å²) in [6.07, 6.45) is 5.29. The first kappa shape index (κ1) is 11.8. The summed E-state index contributed by atoms with van der Waals surface area (Å²) in [6.45, 7) is 5.12. The maximum absolute atomic E-state index is 5.93. The fourth-order valence-corrected chi connectivity index (χ4v) is 2.41. The van der Waals surface area contributed by atoms with Crippen LogP contribution in [0.3, 0.4) is 0 Å². The van der Waals surface area contributed by atoms with Crippen LogP contribution in [0.15, 0.2) is 6.07 Å². The molecule has 16 heavy (non-hydrogen) atoms. The second kappa shape index (κ2) is 5.60. The molecule has 2 rings (SSSR count). The molecule has 1 fully saturated rings. The Labute approximate surface area is 102 Å². The van der Waals surface area contributed by atoms with Gasteiger partial charge in [-0.3, -0.25) is 4.90 Å². The van der Waals surface area contributed by atoms with Gasteiger partial charge in [0.1, 0.15) is 11.0 Å². The van der Waals surface area contributed by atoms with Crippen molar-refractivity contribution in [3.05, 3.63) is 22.7 Å². The van der Waals surface area contributed by atoms with Crippen molar-refractivity contribution in [3.8, 4) is 0 Å². The number of halogens is 1. The van der Waals surface area contributed by atoms with E-state index in [2.05, 4.69) is 14.9 Å². The van der Waals surface area contributed by atoms with E-state index in [-0.39, 0.29) is 0 Å². The molecular formula is C12H18ClN3. The zero-order valence-corrected chi connectivity index (χ0v) is 10.5. The third kappa shape index (κ3) is 3.42. The van der Waals surface area contributed by atoms with Crippen LogP contribution in [0.5, 0.6) is 0 Å². The van der Waals surface area contributed by atoms with Crippen molar-refractivity contribution in [3.63, 3.8) is 0 Å². The summed E-state index contributed by atoms with van der Waals surface area (Å²) >= 11 is 5.93. The van der Waals surface area contributed by atoms with E-state index in [4.69, 9.17) is 11.6 Å². The van der Waals surface area contributed by atoms with Crippen LogP contribution in [0, 0.1) is 6.92 Å². The monoisotopic (exact) mass is 239 g/mol. The molecule has 0 bridgehead atoms. The first-order valence-electron chi connectivity index (χ1n) is 5.96. The van der Waals surface area contributed by atoms with Crippen LogP contribution in [-0.2, 0) is 6.54 Å². The standard InChI is InChI=1S/C12H18ClN3/c1-10-8-11(13)15-12(14-10)9-16-6-4-2-3-5-7-16/h8H,2-7,9H2,1H3. The summed E-state index contributed by atoms with van der Waals surface area (Å²) < 4.78 is 0. The summed E-state index contributed by atoms with van der Waals surface area (Å²) in [4.78, 5) is 11.1. The molecule has 0 amide bonds. The molecule has 1 aliphatic heterocycles. The van der Waals surface area contributed by atoms with Crippen LogP contribution in [0.1, 0.15) is 37.2 Å². The molecule has 0 atom stereocenters. The minimum Gasteiger partial charge on any atom is -0.296 e. The lowest BCUT2D eigenvalue weighted by atomic mass is 10.2. The average Bonchev–Trinajstić information content (AvgIpc) is 2.44. The molecule has 1 saturated heterocycles. The van der Waals surface area contributed by atoms with Crippen molar-refractivity contribution < 1.29 is 0 Å². The van der Waals surface area contributed by atoms with E-state index in [0.29, 0.717) is 5.15 Å². The zero-order chi connectivity index (χ0) is 11.4. The molecule has 1 aromatic heterocycles. The van der Waals surface area contributed by atoms with Crippen molar-refractivity contribution in [2.75, 3.05) is 13.1 Å². The van der Waals surface area contributed by atoms with Crippen LogP contribution >= 0.6 is 11.6 Å². The molecule has 4 heteroatoms. The molecule has 0 unspecified atom stereocenters. The highest BCUT2D eigenvalue weighted by Crippen LogP contribution is 2.13. The molecular weight excluding hydrogens is 222 g/mol. The number of likely N-dealkylation sites (tertiary alicyclic amines) is 1. The highest BCUT2D eigenvalue weighted by molar-refractivity contribution is 6.29. The third-order valence-electron chi connectivity index (χ3n) is 2.93. The van der Waals surface area contributed by atoms with E-state index >= 15 is 0 Å². The van der Waals surface area contributed by atoms with Gasteiger partial charge in [0.15, 0.2) is 0 Å². The van der Waals surface area contributed by atoms with Gasteiger partial charge in [-0.15, -0.1) is 0 Å². The number of hydrogen-bond donors (Lipinski definition) is 0. The second-order valence-corrected chi connectivity index (χ2v) is 4.83. The molecule has 0 aromatic carbocycles. The van der Waals surface area contributed by atoms with Crippen LogP contribution in [0.2, 0.25) is 5.15 Å². The largest absolute Gasteiger partial charge is 0.296 e. The second-order valence-electron chi connectivity index (χ2n) is 4.44. The van der Waals surface area contributed by atoms with E-state index in [1.165, 1.54) is 25.7 Å². The molecule has 2 heterocycles. The maximum Gasteiger partial charge on any atom is 0.144 e. The third-order valence-corrected chi connectivity index (χ3v) is 3.13. The lowest BCUT2D eigenvalue weighted by Gasteiger charge is -2.18. The van der Waals surface area contributed by atoms with Crippen LogP contribution in [-0.4, -0.2) is 28.0 Å². The first-order chi connectivity index (χ1) is 7.74. The molecule has 0 spiro atoms. The van der Waals surface area contributed by atoms with E-state index in [1.807, 2.05) is 6.92 Å². The topological polar surface area (TPSA) is 29.0 Å². The first-order valence-corrected chi connectivity index (χ1v) is 6.34. The molecule has 0 saturated carbocycles. The Kier molecular flexibility index (Phi) is 4.13. The van der Waals surface area contributed by atoms with Crippen molar-refractivity contribution in [2.45, 2.75) is 39.2 Å². The average molecular weight is 240 g/mol. The Morgan fingerprint density at radius 3 is 2.50 bits per heavy atom. The van der Waals surface area contributed by atoms with Gasteiger partial charge in [0.05, 0.1) is 6.54 Å². The minimum absolute atomic E-state index is 0.553. The van der Waals surface area contributed by atoms with Gasteiger partial charge in [0.2, 0.25) is 0 Å². The number of aromatic nitrogens is 2. The van der Waals surface area contributed by atoms with Gasteiger partial charge in [-0.2, -0.15) is 0 Å². The number of aryl methyl sites for hydroxylation is 1. The fraction of sp³-hybridized carbons (Fsp3) is 0.667. The highest BCUT2D eigenvalue weighted by Gasteiger charge is 2.11. The Morgan fingerprint density at radius 2 is 1.88 bits per heavy atom. The van der Waals surface area contributed by atoms with Crippen molar-refractivity contribution in [1.29, 1.82) is 0 Å². The maximum atomic E-state index is 5.93. The van der Waals surface area contributed by atoms with Gasteiger partial charge < -0.3 is 0 Å².